The highest BCUT2D eigenvalue weighted by molar-refractivity contribution is 6.33. The molecular formula is C32H36ClFN8O2. The summed E-state index contributed by atoms with van der Waals surface area (Å²) in [4.78, 5) is 49.3. The number of hydrogen-bond donors (Lipinski definition) is 1. The summed E-state index contributed by atoms with van der Waals surface area (Å²) < 4.78 is 16.5. The zero-order chi connectivity index (χ0) is 31.9. The Balaban J connectivity index is 1.87. The summed E-state index contributed by atoms with van der Waals surface area (Å²) in [5, 5.41) is 3.74. The van der Waals surface area contributed by atoms with E-state index in [-0.39, 0.29) is 45.7 Å². The number of benzene rings is 1. The van der Waals surface area contributed by atoms with Gasteiger partial charge in [-0.1, -0.05) is 58.0 Å². The van der Waals surface area contributed by atoms with E-state index in [0.29, 0.717) is 53.9 Å². The lowest BCUT2D eigenvalue weighted by atomic mass is 10.0. The van der Waals surface area contributed by atoms with Crippen molar-refractivity contribution in [1.82, 2.24) is 29.4 Å². The first-order valence-electron chi connectivity index (χ1n) is 14.6. The number of rotatable bonds is 7. The largest absolute Gasteiger partial charge is 0.357 e. The highest BCUT2D eigenvalue weighted by Crippen LogP contribution is 2.37. The minimum atomic E-state index is -0.580. The van der Waals surface area contributed by atoms with Gasteiger partial charge in [0.15, 0.2) is 5.65 Å². The minimum absolute atomic E-state index is 0.0898. The standard InChI is InChI=1S/C32H36ClFN8O2/c1-8-24(43)40-13-14-41(19(6)16-40)29-21-15-22(33)27(20-11-9-10-12-23(20)34)36-30(21)42(32(44)39-29)28-25(17(2)3)37-31(35-7)38-26(28)18(4)5/h8-12,15,17-19H,1,13-14,16H2,2-7H3,(H,35,37,38)/t19-/m0/s1. The fraction of sp³-hybridized carbons (Fsp3) is 0.375. The Kier molecular flexibility index (Phi) is 8.69. The smallest absolute Gasteiger partial charge is 0.355 e. The molecule has 10 nitrogen and oxygen atoms in total. The van der Waals surface area contributed by atoms with Gasteiger partial charge in [0.25, 0.3) is 0 Å². The zero-order valence-corrected chi connectivity index (χ0v) is 26.5. The maximum Gasteiger partial charge on any atom is 0.355 e. The second-order valence-electron chi connectivity index (χ2n) is 11.5. The summed E-state index contributed by atoms with van der Waals surface area (Å²) in [6, 6.07) is 7.74. The van der Waals surface area contributed by atoms with Crippen molar-refractivity contribution < 1.29 is 9.18 Å². The third-order valence-corrected chi connectivity index (χ3v) is 8.08. The van der Waals surface area contributed by atoms with Crippen LogP contribution in [0.3, 0.4) is 0 Å². The number of carbonyl (C=O) groups is 1. The number of halogens is 2. The van der Waals surface area contributed by atoms with E-state index >= 15 is 4.39 Å². The molecule has 12 heteroatoms. The number of nitrogens with one attached hydrogen (secondary N) is 1. The Labute approximate surface area is 260 Å². The van der Waals surface area contributed by atoms with Crippen LogP contribution < -0.4 is 15.9 Å². The van der Waals surface area contributed by atoms with Gasteiger partial charge in [0.1, 0.15) is 11.6 Å². The fourth-order valence-electron chi connectivity index (χ4n) is 5.61. The predicted octanol–water partition coefficient (Wildman–Crippen LogP) is 5.54. The molecule has 44 heavy (non-hydrogen) atoms. The van der Waals surface area contributed by atoms with Gasteiger partial charge in [0.2, 0.25) is 11.9 Å². The summed E-state index contributed by atoms with van der Waals surface area (Å²) in [5.41, 5.74) is 1.85. The van der Waals surface area contributed by atoms with Crippen LogP contribution in [0.15, 0.2) is 47.8 Å². The van der Waals surface area contributed by atoms with Gasteiger partial charge in [0.05, 0.1) is 33.2 Å². The molecular weight excluding hydrogens is 583 g/mol. The molecule has 1 atom stereocenters. The highest BCUT2D eigenvalue weighted by atomic mass is 35.5. The van der Waals surface area contributed by atoms with Gasteiger partial charge >= 0.3 is 5.69 Å². The summed E-state index contributed by atoms with van der Waals surface area (Å²) in [5.74, 6) is -0.00293. The molecule has 230 valence electrons. The van der Waals surface area contributed by atoms with Crippen LogP contribution >= 0.6 is 11.6 Å². The van der Waals surface area contributed by atoms with Crippen LogP contribution in [0, 0.1) is 5.82 Å². The van der Waals surface area contributed by atoms with Gasteiger partial charge in [-0.15, -0.1) is 0 Å². The molecule has 0 radical (unpaired) electrons. The van der Waals surface area contributed by atoms with Crippen molar-refractivity contribution in [3.8, 4) is 16.9 Å². The van der Waals surface area contributed by atoms with Crippen molar-refractivity contribution >= 4 is 40.3 Å². The van der Waals surface area contributed by atoms with Gasteiger partial charge in [0, 0.05) is 38.3 Å². The van der Waals surface area contributed by atoms with E-state index in [0.717, 1.165) is 0 Å². The molecule has 1 amide bonds. The fourth-order valence-corrected chi connectivity index (χ4v) is 5.86. The number of aromatic nitrogens is 5. The topological polar surface area (TPSA) is 109 Å². The van der Waals surface area contributed by atoms with E-state index in [2.05, 4.69) is 16.9 Å². The average Bonchev–Trinajstić information content (AvgIpc) is 3.00. The first-order valence-corrected chi connectivity index (χ1v) is 15.0. The number of hydrogen-bond acceptors (Lipinski definition) is 8. The number of carbonyl (C=O) groups excluding carboxylic acids is 1. The van der Waals surface area contributed by atoms with Crippen molar-refractivity contribution in [1.29, 1.82) is 0 Å². The maximum atomic E-state index is 15.1. The van der Waals surface area contributed by atoms with Crippen molar-refractivity contribution in [3.05, 3.63) is 75.7 Å². The monoisotopic (exact) mass is 618 g/mol. The third kappa shape index (κ3) is 5.52. The number of pyridine rings is 1. The van der Waals surface area contributed by atoms with Crippen LogP contribution in [0.2, 0.25) is 5.02 Å². The van der Waals surface area contributed by atoms with Gasteiger partial charge in [-0.3, -0.25) is 4.79 Å². The summed E-state index contributed by atoms with van der Waals surface area (Å²) in [6.45, 7) is 14.8. The number of amides is 1. The zero-order valence-electron chi connectivity index (χ0n) is 25.7. The molecule has 4 aromatic rings. The lowest BCUT2D eigenvalue weighted by Crippen LogP contribution is -2.54. The van der Waals surface area contributed by atoms with E-state index in [1.165, 1.54) is 16.7 Å². The van der Waals surface area contributed by atoms with Gasteiger partial charge in [-0.05, 0) is 43.0 Å². The van der Waals surface area contributed by atoms with Crippen LogP contribution in [-0.2, 0) is 4.79 Å². The normalized spacial score (nSPS) is 15.4. The molecule has 5 rings (SSSR count). The van der Waals surface area contributed by atoms with Crippen molar-refractivity contribution in [3.63, 3.8) is 0 Å². The minimum Gasteiger partial charge on any atom is -0.357 e. The summed E-state index contributed by atoms with van der Waals surface area (Å²) in [7, 11) is 1.74. The number of nitrogens with zero attached hydrogens (tertiary/aromatic N) is 7. The highest BCUT2D eigenvalue weighted by Gasteiger charge is 2.31. The quantitative estimate of drug-likeness (QED) is 0.269. The van der Waals surface area contributed by atoms with Crippen LogP contribution in [0.1, 0.15) is 57.8 Å². The summed E-state index contributed by atoms with van der Waals surface area (Å²) in [6.07, 6.45) is 1.30. The molecule has 0 aliphatic carbocycles. The molecule has 1 aliphatic heterocycles. The Morgan fingerprint density at radius 3 is 2.32 bits per heavy atom. The van der Waals surface area contributed by atoms with Crippen molar-refractivity contribution in [2.45, 2.75) is 52.5 Å². The molecule has 0 spiro atoms. The predicted molar refractivity (Wildman–Crippen MR) is 172 cm³/mol. The molecule has 1 saturated heterocycles. The molecule has 1 fully saturated rings. The van der Waals surface area contributed by atoms with E-state index in [9.17, 15) is 9.59 Å². The number of fused-ring (bicyclic) bond motifs is 1. The molecule has 0 saturated carbocycles. The Morgan fingerprint density at radius 2 is 1.75 bits per heavy atom. The molecule has 3 aromatic heterocycles. The lowest BCUT2D eigenvalue weighted by molar-refractivity contribution is -0.126. The first kappa shape index (κ1) is 31.1. The van der Waals surface area contributed by atoms with Crippen LogP contribution in [0.25, 0.3) is 28.0 Å². The van der Waals surface area contributed by atoms with E-state index in [1.54, 1.807) is 36.2 Å². The number of anilines is 2. The molecule has 0 unspecified atom stereocenters. The van der Waals surface area contributed by atoms with Crippen molar-refractivity contribution in [2.75, 3.05) is 36.9 Å². The second-order valence-corrected chi connectivity index (χ2v) is 11.9. The maximum absolute atomic E-state index is 15.1. The van der Waals surface area contributed by atoms with Gasteiger partial charge in [-0.2, -0.15) is 4.98 Å². The Morgan fingerprint density at radius 1 is 1.09 bits per heavy atom. The molecule has 1 aromatic carbocycles. The van der Waals surface area contributed by atoms with Gasteiger partial charge in [-0.25, -0.2) is 28.7 Å². The van der Waals surface area contributed by atoms with Crippen molar-refractivity contribution in [2.24, 2.45) is 0 Å². The van der Waals surface area contributed by atoms with E-state index in [4.69, 9.17) is 26.6 Å². The summed E-state index contributed by atoms with van der Waals surface area (Å²) >= 11 is 6.82. The van der Waals surface area contributed by atoms with Gasteiger partial charge < -0.3 is 15.1 Å². The Hall–Kier alpha value is -4.38. The molecule has 1 aliphatic rings. The molecule has 1 N–H and O–H groups in total. The molecule has 4 heterocycles. The SMILES string of the molecule is C=CC(=O)N1CCN(c2nc(=O)n(-c3c(C(C)C)nc(NC)nc3C(C)C)c3nc(-c4ccccc4F)c(Cl)cc23)[C@@H](C)C1. The number of piperazine rings is 1. The average molecular weight is 619 g/mol. The first-order chi connectivity index (χ1) is 21.0. The lowest BCUT2D eigenvalue weighted by Gasteiger charge is -2.40. The van der Waals surface area contributed by atoms with E-state index in [1.807, 2.05) is 39.5 Å². The van der Waals surface area contributed by atoms with Crippen LogP contribution in [0.5, 0.6) is 0 Å². The molecule has 0 bridgehead atoms. The third-order valence-electron chi connectivity index (χ3n) is 7.80. The second kappa shape index (κ2) is 12.3. The van der Waals surface area contributed by atoms with E-state index < -0.39 is 11.5 Å². The van der Waals surface area contributed by atoms with Crippen LogP contribution in [0.4, 0.5) is 16.2 Å². The van der Waals surface area contributed by atoms with Crippen LogP contribution in [-0.4, -0.2) is 68.0 Å². The Bertz CT molecular complexity index is 1790.